The Morgan fingerprint density at radius 2 is 1.79 bits per heavy atom. The third-order valence-corrected chi connectivity index (χ3v) is 5.92. The smallest absolute Gasteiger partial charge is 0.118 e. The maximum atomic E-state index is 5.33. The number of nitrogens with zero attached hydrogens (tertiary/aromatic N) is 3. The molecule has 0 radical (unpaired) electrons. The molecule has 0 aliphatic carbocycles. The van der Waals surface area contributed by atoms with Crippen LogP contribution in [0.3, 0.4) is 0 Å². The molecule has 1 saturated heterocycles. The Morgan fingerprint density at radius 3 is 2.31 bits per heavy atom. The molecule has 1 aromatic heterocycles. The molecule has 0 saturated carbocycles. The number of hydrogen-bond donors (Lipinski definition) is 1. The first-order valence-corrected chi connectivity index (χ1v) is 10.4. The summed E-state index contributed by atoms with van der Waals surface area (Å²) in [7, 11) is 1.71. The zero-order valence-electron chi connectivity index (χ0n) is 18.8. The van der Waals surface area contributed by atoms with Gasteiger partial charge in [0.25, 0.3) is 0 Å². The van der Waals surface area contributed by atoms with Crippen molar-refractivity contribution in [2.75, 3.05) is 7.11 Å². The first-order valence-electron chi connectivity index (χ1n) is 10.4. The molecular formula is C24H36N4O. The van der Waals surface area contributed by atoms with Crippen molar-refractivity contribution < 1.29 is 4.74 Å². The van der Waals surface area contributed by atoms with Crippen molar-refractivity contribution in [1.29, 1.82) is 0 Å². The summed E-state index contributed by atoms with van der Waals surface area (Å²) in [6.45, 7) is 17.0. The highest BCUT2D eigenvalue weighted by Gasteiger charge is 2.40. The van der Waals surface area contributed by atoms with Crippen LogP contribution in [0.15, 0.2) is 37.0 Å². The molecule has 1 aliphatic heterocycles. The molecule has 5 nitrogen and oxygen atoms in total. The molecule has 3 rings (SSSR count). The topological polar surface area (TPSA) is 42.3 Å². The van der Waals surface area contributed by atoms with Gasteiger partial charge in [-0.25, -0.2) is 4.68 Å². The minimum Gasteiger partial charge on any atom is -0.497 e. The molecule has 1 N–H and O–H groups in total. The Labute approximate surface area is 175 Å². The van der Waals surface area contributed by atoms with Crippen molar-refractivity contribution in [1.82, 2.24) is 20.0 Å². The quantitative estimate of drug-likeness (QED) is 0.742. The van der Waals surface area contributed by atoms with Crippen molar-refractivity contribution in [3.63, 3.8) is 0 Å². The lowest BCUT2D eigenvalue weighted by Gasteiger charge is -2.49. The standard InChI is InChI=1S/C24H36N4O/c1-8-28-18(2)20(15-25-28)17-27(16-19-9-11-22(29-7)12-10-19)21-13-23(3,4)26-24(5,6)14-21/h8-12,15,21,26H,1,13-14,16-17H2,2-7H3. The van der Waals surface area contributed by atoms with E-state index in [1.165, 1.54) is 11.1 Å². The van der Waals surface area contributed by atoms with Crippen molar-refractivity contribution in [2.45, 2.75) is 77.7 Å². The number of methoxy groups -OCH3 is 1. The summed E-state index contributed by atoms with van der Waals surface area (Å²) >= 11 is 0. The van der Waals surface area contributed by atoms with Gasteiger partial charge in [-0.15, -0.1) is 0 Å². The summed E-state index contributed by atoms with van der Waals surface area (Å²) in [5.41, 5.74) is 3.92. The molecule has 0 spiro atoms. The lowest BCUT2D eigenvalue weighted by molar-refractivity contribution is 0.0562. The molecule has 0 amide bonds. The molecule has 158 valence electrons. The van der Waals surface area contributed by atoms with Crippen LogP contribution in [0.5, 0.6) is 5.75 Å². The predicted octanol–water partition coefficient (Wildman–Crippen LogP) is 4.61. The van der Waals surface area contributed by atoms with Gasteiger partial charge in [-0.3, -0.25) is 4.90 Å². The van der Waals surface area contributed by atoms with Crippen LogP contribution >= 0.6 is 0 Å². The van der Waals surface area contributed by atoms with E-state index in [1.807, 2.05) is 23.0 Å². The monoisotopic (exact) mass is 396 g/mol. The van der Waals surface area contributed by atoms with Gasteiger partial charge in [-0.1, -0.05) is 18.7 Å². The number of hydrogen-bond acceptors (Lipinski definition) is 4. The van der Waals surface area contributed by atoms with E-state index >= 15 is 0 Å². The van der Waals surface area contributed by atoms with Gasteiger partial charge < -0.3 is 10.1 Å². The van der Waals surface area contributed by atoms with E-state index in [9.17, 15) is 0 Å². The first-order chi connectivity index (χ1) is 13.6. The molecular weight excluding hydrogens is 360 g/mol. The zero-order valence-corrected chi connectivity index (χ0v) is 18.8. The van der Waals surface area contributed by atoms with E-state index in [1.54, 1.807) is 13.3 Å². The highest BCUT2D eigenvalue weighted by molar-refractivity contribution is 5.28. The Kier molecular flexibility index (Phi) is 6.20. The lowest BCUT2D eigenvalue weighted by atomic mass is 9.78. The van der Waals surface area contributed by atoms with Crippen molar-refractivity contribution in [2.24, 2.45) is 0 Å². The van der Waals surface area contributed by atoms with Crippen molar-refractivity contribution in [3.8, 4) is 5.75 Å². The van der Waals surface area contributed by atoms with E-state index in [2.05, 4.69) is 68.6 Å². The van der Waals surface area contributed by atoms with Crippen LogP contribution in [-0.2, 0) is 13.1 Å². The maximum Gasteiger partial charge on any atom is 0.118 e. The van der Waals surface area contributed by atoms with E-state index in [0.29, 0.717) is 6.04 Å². The number of ether oxygens (including phenoxy) is 1. The van der Waals surface area contributed by atoms with Gasteiger partial charge in [-0.05, 0) is 65.2 Å². The summed E-state index contributed by atoms with van der Waals surface area (Å²) in [6.07, 6.45) is 5.97. The predicted molar refractivity (Wildman–Crippen MR) is 120 cm³/mol. The molecule has 1 aliphatic rings. The van der Waals surface area contributed by atoms with E-state index < -0.39 is 0 Å². The molecule has 29 heavy (non-hydrogen) atoms. The average Bonchev–Trinajstić information content (AvgIpc) is 2.99. The second-order valence-electron chi connectivity index (χ2n) is 9.59. The third-order valence-electron chi connectivity index (χ3n) is 5.92. The minimum absolute atomic E-state index is 0.102. The van der Waals surface area contributed by atoms with Gasteiger partial charge in [0.2, 0.25) is 0 Å². The molecule has 1 fully saturated rings. The fraction of sp³-hybridized carbons (Fsp3) is 0.542. The van der Waals surface area contributed by atoms with Crippen LogP contribution in [0.4, 0.5) is 0 Å². The van der Waals surface area contributed by atoms with Crippen LogP contribution in [0.1, 0.15) is 57.4 Å². The van der Waals surface area contributed by atoms with Crippen LogP contribution in [0.2, 0.25) is 0 Å². The zero-order chi connectivity index (χ0) is 21.2. The summed E-state index contributed by atoms with van der Waals surface area (Å²) in [6, 6.07) is 8.91. The number of aromatic nitrogens is 2. The number of benzene rings is 1. The second kappa shape index (κ2) is 8.33. The largest absolute Gasteiger partial charge is 0.497 e. The minimum atomic E-state index is 0.102. The Balaban J connectivity index is 1.89. The second-order valence-corrected chi connectivity index (χ2v) is 9.59. The highest BCUT2D eigenvalue weighted by atomic mass is 16.5. The first kappa shape index (κ1) is 21.6. The van der Waals surface area contributed by atoms with Crippen LogP contribution in [0.25, 0.3) is 6.20 Å². The van der Waals surface area contributed by atoms with Crippen LogP contribution in [-0.4, -0.2) is 38.9 Å². The van der Waals surface area contributed by atoms with Gasteiger partial charge in [0.1, 0.15) is 5.75 Å². The Morgan fingerprint density at radius 1 is 1.17 bits per heavy atom. The van der Waals surface area contributed by atoms with Gasteiger partial charge in [0, 0.05) is 47.7 Å². The molecule has 0 unspecified atom stereocenters. The molecule has 1 aromatic carbocycles. The highest BCUT2D eigenvalue weighted by Crippen LogP contribution is 2.33. The summed E-state index contributed by atoms with van der Waals surface area (Å²) in [4.78, 5) is 2.61. The van der Waals surface area contributed by atoms with Gasteiger partial charge in [-0.2, -0.15) is 5.10 Å². The normalized spacial score (nSPS) is 18.7. The number of piperidine rings is 1. The SMILES string of the molecule is C=Cn1ncc(CN(Cc2ccc(OC)cc2)C2CC(C)(C)NC(C)(C)C2)c1C. The molecule has 5 heteroatoms. The van der Waals surface area contributed by atoms with E-state index in [-0.39, 0.29) is 11.1 Å². The van der Waals surface area contributed by atoms with E-state index in [0.717, 1.165) is 37.4 Å². The lowest BCUT2D eigenvalue weighted by Crippen LogP contribution is -2.62. The summed E-state index contributed by atoms with van der Waals surface area (Å²) in [5, 5.41) is 8.27. The summed E-state index contributed by atoms with van der Waals surface area (Å²) in [5.74, 6) is 0.896. The average molecular weight is 397 g/mol. The van der Waals surface area contributed by atoms with Crippen molar-refractivity contribution >= 4 is 6.20 Å². The molecule has 0 bridgehead atoms. The number of rotatable bonds is 7. The number of nitrogens with one attached hydrogen (secondary N) is 1. The fourth-order valence-electron chi connectivity index (χ4n) is 4.82. The van der Waals surface area contributed by atoms with Crippen LogP contribution < -0.4 is 10.1 Å². The molecule has 0 atom stereocenters. The van der Waals surface area contributed by atoms with Crippen LogP contribution in [0, 0.1) is 6.92 Å². The Bertz CT molecular complexity index is 819. The van der Waals surface area contributed by atoms with Gasteiger partial charge >= 0.3 is 0 Å². The van der Waals surface area contributed by atoms with Crippen molar-refractivity contribution in [3.05, 3.63) is 53.9 Å². The fourth-order valence-corrected chi connectivity index (χ4v) is 4.82. The Hall–Kier alpha value is -2.11. The van der Waals surface area contributed by atoms with E-state index in [4.69, 9.17) is 4.74 Å². The van der Waals surface area contributed by atoms with Gasteiger partial charge in [0.15, 0.2) is 0 Å². The van der Waals surface area contributed by atoms with Gasteiger partial charge in [0.05, 0.1) is 13.3 Å². The molecule has 2 aromatic rings. The molecule has 2 heterocycles. The third kappa shape index (κ3) is 5.28. The maximum absolute atomic E-state index is 5.33. The summed E-state index contributed by atoms with van der Waals surface area (Å²) < 4.78 is 7.19.